The van der Waals surface area contributed by atoms with Crippen molar-refractivity contribution in [2.45, 2.75) is 32.8 Å². The summed E-state index contributed by atoms with van der Waals surface area (Å²) in [5, 5.41) is 2.57. The second kappa shape index (κ2) is 11.3. The lowest BCUT2D eigenvalue weighted by molar-refractivity contribution is -0.119. The van der Waals surface area contributed by atoms with E-state index < -0.39 is 36.3 Å². The van der Waals surface area contributed by atoms with Crippen molar-refractivity contribution in [3.63, 3.8) is 0 Å². The molecule has 37 heavy (non-hydrogen) atoms. The van der Waals surface area contributed by atoms with Crippen LogP contribution in [-0.4, -0.2) is 67.0 Å². The van der Waals surface area contributed by atoms with Crippen molar-refractivity contribution < 1.29 is 38.2 Å². The van der Waals surface area contributed by atoms with E-state index in [1.807, 2.05) is 13.8 Å². The highest BCUT2D eigenvalue weighted by Gasteiger charge is 2.38. The number of nitrogens with one attached hydrogen (secondary N) is 1. The van der Waals surface area contributed by atoms with Gasteiger partial charge in [-0.1, -0.05) is 13.8 Å². The Labute approximate surface area is 213 Å². The van der Waals surface area contributed by atoms with Gasteiger partial charge in [-0.3, -0.25) is 19.3 Å². The Kier molecular flexibility index (Phi) is 7.98. The van der Waals surface area contributed by atoms with E-state index in [0.717, 1.165) is 17.7 Å². The third kappa shape index (κ3) is 6.21. The van der Waals surface area contributed by atoms with E-state index in [4.69, 9.17) is 14.2 Å². The Balaban J connectivity index is 1.30. The van der Waals surface area contributed by atoms with Crippen LogP contribution in [0.1, 0.15) is 68.1 Å². The van der Waals surface area contributed by atoms with Gasteiger partial charge in [-0.25, -0.2) is 9.59 Å². The molecule has 1 fully saturated rings. The SMILES string of the molecule is CC(C)COC(=O)c1ccc(NC(=O)COC(=O)c2ccc3c(c2)C(=O)N(C[C@@H]2CCCO2)C3=O)cc1. The number of anilines is 1. The van der Waals surface area contributed by atoms with Gasteiger partial charge >= 0.3 is 11.9 Å². The molecule has 0 spiro atoms. The van der Waals surface area contributed by atoms with Gasteiger partial charge in [-0.15, -0.1) is 0 Å². The summed E-state index contributed by atoms with van der Waals surface area (Å²) in [6, 6.07) is 10.2. The number of imide groups is 1. The molecule has 0 bridgehead atoms. The number of benzene rings is 2. The molecule has 2 heterocycles. The van der Waals surface area contributed by atoms with Crippen LogP contribution in [-0.2, 0) is 19.0 Å². The summed E-state index contributed by atoms with van der Waals surface area (Å²) in [5.74, 6) is -2.53. The van der Waals surface area contributed by atoms with E-state index in [1.54, 1.807) is 0 Å². The van der Waals surface area contributed by atoms with Gasteiger partial charge < -0.3 is 19.5 Å². The largest absolute Gasteiger partial charge is 0.462 e. The summed E-state index contributed by atoms with van der Waals surface area (Å²) in [4.78, 5) is 63.3. The van der Waals surface area contributed by atoms with Crippen LogP contribution in [0.5, 0.6) is 0 Å². The molecule has 1 atom stereocenters. The first-order chi connectivity index (χ1) is 17.7. The number of hydrogen-bond donors (Lipinski definition) is 1. The van der Waals surface area contributed by atoms with Crippen LogP contribution >= 0.6 is 0 Å². The summed E-state index contributed by atoms with van der Waals surface area (Å²) < 4.78 is 15.8. The minimum atomic E-state index is -0.806. The zero-order chi connectivity index (χ0) is 26.5. The fourth-order valence-electron chi connectivity index (χ4n) is 4.00. The third-order valence-electron chi connectivity index (χ3n) is 5.90. The van der Waals surface area contributed by atoms with Crippen LogP contribution in [0.15, 0.2) is 42.5 Å². The molecule has 2 aliphatic heterocycles. The summed E-state index contributed by atoms with van der Waals surface area (Å²) in [7, 11) is 0. The first-order valence-corrected chi connectivity index (χ1v) is 12.1. The zero-order valence-corrected chi connectivity index (χ0v) is 20.7. The summed E-state index contributed by atoms with van der Waals surface area (Å²) in [5.41, 5.74) is 1.15. The molecule has 10 nitrogen and oxygen atoms in total. The molecule has 0 saturated carbocycles. The van der Waals surface area contributed by atoms with Gasteiger partial charge in [0.05, 0.1) is 41.5 Å². The number of nitrogens with zero attached hydrogens (tertiary/aromatic N) is 1. The van der Waals surface area contributed by atoms with Crippen LogP contribution in [0.2, 0.25) is 0 Å². The quantitative estimate of drug-likeness (QED) is 0.404. The molecule has 3 amide bonds. The minimum absolute atomic E-state index is 0.0518. The number of fused-ring (bicyclic) bond motifs is 1. The molecule has 0 unspecified atom stereocenters. The van der Waals surface area contributed by atoms with Gasteiger partial charge in [0.15, 0.2) is 6.61 Å². The van der Waals surface area contributed by atoms with E-state index in [1.165, 1.54) is 42.5 Å². The molecule has 2 aromatic rings. The monoisotopic (exact) mass is 508 g/mol. The molecule has 2 aromatic carbocycles. The summed E-state index contributed by atoms with van der Waals surface area (Å²) in [6.45, 7) is 4.40. The van der Waals surface area contributed by atoms with Crippen LogP contribution in [0, 0.1) is 5.92 Å². The molecule has 0 aromatic heterocycles. The fraction of sp³-hybridized carbons (Fsp3) is 0.370. The number of hydrogen-bond acceptors (Lipinski definition) is 8. The van der Waals surface area contributed by atoms with Gasteiger partial charge in [0, 0.05) is 12.3 Å². The van der Waals surface area contributed by atoms with Gasteiger partial charge in [0.2, 0.25) is 0 Å². The topological polar surface area (TPSA) is 128 Å². The lowest BCUT2D eigenvalue weighted by Gasteiger charge is -2.17. The van der Waals surface area contributed by atoms with E-state index in [0.29, 0.717) is 24.5 Å². The molecule has 194 valence electrons. The molecule has 0 radical (unpaired) electrons. The Bertz CT molecular complexity index is 1220. The smallest absolute Gasteiger partial charge is 0.338 e. The second-order valence-electron chi connectivity index (χ2n) is 9.31. The first kappa shape index (κ1) is 26.0. The van der Waals surface area contributed by atoms with Crippen molar-refractivity contribution >= 4 is 35.3 Å². The number of carbonyl (C=O) groups excluding carboxylic acids is 5. The van der Waals surface area contributed by atoms with E-state index in [-0.39, 0.29) is 35.3 Å². The van der Waals surface area contributed by atoms with Crippen molar-refractivity contribution in [3.8, 4) is 0 Å². The van der Waals surface area contributed by atoms with E-state index in [2.05, 4.69) is 5.32 Å². The van der Waals surface area contributed by atoms with Crippen molar-refractivity contribution in [2.24, 2.45) is 5.92 Å². The van der Waals surface area contributed by atoms with Gasteiger partial charge in [0.25, 0.3) is 17.7 Å². The maximum absolute atomic E-state index is 12.8. The number of ether oxygens (including phenoxy) is 3. The van der Waals surface area contributed by atoms with Gasteiger partial charge in [-0.2, -0.15) is 0 Å². The highest BCUT2D eigenvalue weighted by molar-refractivity contribution is 6.22. The molecule has 10 heteroatoms. The van der Waals surface area contributed by atoms with Crippen LogP contribution < -0.4 is 5.32 Å². The molecular weight excluding hydrogens is 480 g/mol. The van der Waals surface area contributed by atoms with E-state index >= 15 is 0 Å². The Morgan fingerprint density at radius 2 is 1.65 bits per heavy atom. The van der Waals surface area contributed by atoms with Crippen molar-refractivity contribution in [3.05, 3.63) is 64.7 Å². The minimum Gasteiger partial charge on any atom is -0.462 e. The maximum Gasteiger partial charge on any atom is 0.338 e. The number of esters is 2. The summed E-state index contributed by atoms with van der Waals surface area (Å²) >= 11 is 0. The predicted molar refractivity (Wildman–Crippen MR) is 131 cm³/mol. The predicted octanol–water partition coefficient (Wildman–Crippen LogP) is 3.07. The molecule has 4 rings (SSSR count). The standard InChI is InChI=1S/C27H28N2O8/c1-16(2)14-36-26(33)17-5-8-19(9-6-17)28-23(30)15-37-27(34)18-7-10-21-22(12-18)25(32)29(24(21)31)13-20-4-3-11-35-20/h5-10,12,16,20H,3-4,11,13-15H2,1-2H3,(H,28,30)/t20-/m0/s1. The number of amides is 3. The summed E-state index contributed by atoms with van der Waals surface area (Å²) in [6.07, 6.45) is 1.48. The Morgan fingerprint density at radius 3 is 2.32 bits per heavy atom. The zero-order valence-electron chi connectivity index (χ0n) is 20.7. The average molecular weight is 509 g/mol. The Hall–Kier alpha value is -4.05. The van der Waals surface area contributed by atoms with Crippen molar-refractivity contribution in [1.29, 1.82) is 0 Å². The molecular formula is C27H28N2O8. The molecule has 1 saturated heterocycles. The van der Waals surface area contributed by atoms with Crippen molar-refractivity contribution in [2.75, 3.05) is 31.7 Å². The van der Waals surface area contributed by atoms with Crippen LogP contribution in [0.4, 0.5) is 5.69 Å². The van der Waals surface area contributed by atoms with Crippen LogP contribution in [0.3, 0.4) is 0 Å². The first-order valence-electron chi connectivity index (χ1n) is 12.1. The number of rotatable bonds is 9. The highest BCUT2D eigenvalue weighted by Crippen LogP contribution is 2.26. The molecule has 1 N–H and O–H groups in total. The second-order valence-corrected chi connectivity index (χ2v) is 9.31. The lowest BCUT2D eigenvalue weighted by atomic mass is 10.1. The average Bonchev–Trinajstić information content (AvgIpc) is 3.49. The molecule has 2 aliphatic rings. The van der Waals surface area contributed by atoms with E-state index in [9.17, 15) is 24.0 Å². The van der Waals surface area contributed by atoms with Crippen LogP contribution in [0.25, 0.3) is 0 Å². The Morgan fingerprint density at radius 1 is 0.973 bits per heavy atom. The molecule has 0 aliphatic carbocycles. The normalized spacial score (nSPS) is 16.6. The highest BCUT2D eigenvalue weighted by atomic mass is 16.5. The fourth-order valence-corrected chi connectivity index (χ4v) is 4.00. The van der Waals surface area contributed by atoms with Gasteiger partial charge in [-0.05, 0) is 61.2 Å². The lowest BCUT2D eigenvalue weighted by Crippen LogP contribution is -2.36. The van der Waals surface area contributed by atoms with Gasteiger partial charge in [0.1, 0.15) is 0 Å². The third-order valence-corrected chi connectivity index (χ3v) is 5.90. The number of carbonyl (C=O) groups is 5. The van der Waals surface area contributed by atoms with Crippen molar-refractivity contribution in [1.82, 2.24) is 4.90 Å². The maximum atomic E-state index is 12.8.